The topological polar surface area (TPSA) is 0 Å². The number of allylic oxidation sites excluding steroid dienone is 4. The average molecular weight is 265 g/mol. The van der Waals surface area contributed by atoms with Crippen molar-refractivity contribution in [2.75, 3.05) is 0 Å². The van der Waals surface area contributed by atoms with Crippen LogP contribution in [0.3, 0.4) is 0 Å². The summed E-state index contributed by atoms with van der Waals surface area (Å²) in [5.41, 5.74) is 1.51. The van der Waals surface area contributed by atoms with E-state index in [1.54, 1.807) is 0 Å². The van der Waals surface area contributed by atoms with Gasteiger partial charge in [-0.3, -0.25) is 0 Å². The Kier molecular flexibility index (Phi) is 7.92. The molecule has 0 aromatic carbocycles. The molecule has 1 aliphatic rings. The molecule has 1 atom stereocenters. The first-order chi connectivity index (χ1) is 5.57. The van der Waals surface area contributed by atoms with Crippen molar-refractivity contribution >= 4 is 29.5 Å². The van der Waals surface area contributed by atoms with Crippen molar-refractivity contribution in [1.82, 2.24) is 0 Å². The molecule has 0 nitrogen and oxygen atoms in total. The average Bonchev–Trinajstić information content (AvgIpc) is 2.33. The van der Waals surface area contributed by atoms with Crippen molar-refractivity contribution in [3.63, 3.8) is 0 Å². The van der Waals surface area contributed by atoms with E-state index in [2.05, 4.69) is 32.1 Å². The fraction of sp³-hybridized carbons (Fsp3) is 0.500. The first kappa shape index (κ1) is 12.9. The molecule has 0 spiro atoms. The quantitative estimate of drug-likeness (QED) is 0.650. The zero-order valence-electron chi connectivity index (χ0n) is 7.10. The molecule has 0 heterocycles. The summed E-state index contributed by atoms with van der Waals surface area (Å²) in [4.78, 5) is 0. The summed E-state index contributed by atoms with van der Waals surface area (Å²) in [7, 11) is 14.9. The molecule has 1 rings (SSSR count). The minimum atomic E-state index is -1.77. The van der Waals surface area contributed by atoms with Gasteiger partial charge in [0.15, 0.2) is 0 Å². The SMILES string of the molecule is CCC1C=CC=C1C.[Cl][V]([Cl])[Cl]. The van der Waals surface area contributed by atoms with Crippen LogP contribution in [0.1, 0.15) is 20.3 Å². The van der Waals surface area contributed by atoms with Gasteiger partial charge < -0.3 is 0 Å². The van der Waals surface area contributed by atoms with E-state index in [1.165, 1.54) is 12.0 Å². The number of hydrogen-bond donors (Lipinski definition) is 0. The molecule has 0 aliphatic heterocycles. The Morgan fingerprint density at radius 1 is 1.42 bits per heavy atom. The van der Waals surface area contributed by atoms with Crippen molar-refractivity contribution in [3.8, 4) is 0 Å². The normalized spacial score (nSPS) is 20.5. The second kappa shape index (κ2) is 7.35. The Balaban J connectivity index is 0.000000261. The van der Waals surface area contributed by atoms with Gasteiger partial charge in [-0.1, -0.05) is 30.7 Å². The van der Waals surface area contributed by atoms with E-state index < -0.39 is 12.3 Å². The fourth-order valence-corrected chi connectivity index (χ4v) is 1.07. The zero-order chi connectivity index (χ0) is 9.56. The number of halogens is 3. The summed E-state index contributed by atoms with van der Waals surface area (Å²) in [6.45, 7) is 4.41. The molecule has 1 aliphatic carbocycles. The van der Waals surface area contributed by atoms with E-state index in [0.717, 1.165) is 5.92 Å². The number of rotatable bonds is 1. The molecular formula is C8H12Cl3V. The van der Waals surface area contributed by atoms with Gasteiger partial charge in [-0.15, -0.1) is 0 Å². The van der Waals surface area contributed by atoms with Crippen molar-refractivity contribution in [3.05, 3.63) is 23.8 Å². The molecular weight excluding hydrogens is 253 g/mol. The standard InChI is InChI=1S/C8H12.3ClH.V/c1-3-8-6-4-5-7(8)2;;;;/h4-6,8H,3H2,1-2H3;3*1H;/q;;;;+3/p-3. The third kappa shape index (κ3) is 6.45. The summed E-state index contributed by atoms with van der Waals surface area (Å²) in [5.74, 6) is 0.745. The van der Waals surface area contributed by atoms with Crippen LogP contribution < -0.4 is 0 Å². The van der Waals surface area contributed by atoms with Gasteiger partial charge in [-0.2, -0.15) is 0 Å². The Morgan fingerprint density at radius 2 is 1.92 bits per heavy atom. The summed E-state index contributed by atoms with van der Waals surface area (Å²) in [6, 6.07) is 0. The fourth-order valence-electron chi connectivity index (χ4n) is 1.07. The molecule has 4 heteroatoms. The monoisotopic (exact) mass is 264 g/mol. The first-order valence-corrected chi connectivity index (χ1v) is 9.47. The van der Waals surface area contributed by atoms with Gasteiger partial charge in [0, 0.05) is 0 Å². The molecule has 0 N–H and O–H groups in total. The van der Waals surface area contributed by atoms with Gasteiger partial charge in [-0.05, 0) is 19.3 Å². The van der Waals surface area contributed by atoms with E-state index >= 15 is 0 Å². The van der Waals surface area contributed by atoms with Gasteiger partial charge >= 0.3 is 41.8 Å². The third-order valence-electron chi connectivity index (χ3n) is 1.73. The van der Waals surface area contributed by atoms with E-state index in [9.17, 15) is 0 Å². The Labute approximate surface area is 91.4 Å². The maximum absolute atomic E-state index is 4.95. The van der Waals surface area contributed by atoms with Crippen LogP contribution in [-0.2, 0) is 12.3 Å². The third-order valence-corrected chi connectivity index (χ3v) is 1.73. The maximum atomic E-state index is 4.95. The van der Waals surface area contributed by atoms with Gasteiger partial charge in [0.25, 0.3) is 0 Å². The minimum absolute atomic E-state index is 0.745. The van der Waals surface area contributed by atoms with Crippen LogP contribution in [-0.4, -0.2) is 0 Å². The summed E-state index contributed by atoms with van der Waals surface area (Å²) in [6.07, 6.45) is 7.84. The molecule has 0 saturated carbocycles. The molecule has 0 bridgehead atoms. The molecule has 1 unspecified atom stereocenters. The Morgan fingerprint density at radius 3 is 2.08 bits per heavy atom. The predicted molar refractivity (Wildman–Crippen MR) is 54.2 cm³/mol. The van der Waals surface area contributed by atoms with E-state index in [-0.39, 0.29) is 0 Å². The predicted octanol–water partition coefficient (Wildman–Crippen LogP) is 4.59. The van der Waals surface area contributed by atoms with Crippen LogP contribution in [0.4, 0.5) is 0 Å². The van der Waals surface area contributed by atoms with Crippen molar-refractivity contribution in [2.45, 2.75) is 20.3 Å². The Bertz CT molecular complexity index is 172. The molecule has 70 valence electrons. The molecule has 0 aromatic heterocycles. The van der Waals surface area contributed by atoms with Crippen LogP contribution in [0.25, 0.3) is 0 Å². The van der Waals surface area contributed by atoms with E-state index in [4.69, 9.17) is 29.5 Å². The van der Waals surface area contributed by atoms with Crippen molar-refractivity contribution in [2.24, 2.45) is 5.92 Å². The molecule has 0 amide bonds. The number of hydrogen-bond acceptors (Lipinski definition) is 0. The van der Waals surface area contributed by atoms with E-state index in [1.807, 2.05) is 0 Å². The van der Waals surface area contributed by atoms with Crippen LogP contribution in [0.2, 0.25) is 0 Å². The molecule has 12 heavy (non-hydrogen) atoms. The van der Waals surface area contributed by atoms with Crippen molar-refractivity contribution < 1.29 is 12.3 Å². The van der Waals surface area contributed by atoms with Crippen LogP contribution in [0.15, 0.2) is 23.8 Å². The van der Waals surface area contributed by atoms with Crippen LogP contribution in [0, 0.1) is 5.92 Å². The second-order valence-electron chi connectivity index (χ2n) is 2.50. The summed E-state index contributed by atoms with van der Waals surface area (Å²) in [5, 5.41) is 0. The molecule has 0 saturated heterocycles. The first-order valence-electron chi connectivity index (χ1n) is 3.70. The van der Waals surface area contributed by atoms with Gasteiger partial charge in [0.1, 0.15) is 0 Å². The Hall–Kier alpha value is 0.934. The van der Waals surface area contributed by atoms with Gasteiger partial charge in [0.2, 0.25) is 0 Å². The molecule has 0 fully saturated rings. The van der Waals surface area contributed by atoms with Crippen molar-refractivity contribution in [1.29, 1.82) is 0 Å². The molecule has 0 aromatic rings. The zero-order valence-corrected chi connectivity index (χ0v) is 10.8. The second-order valence-corrected chi connectivity index (χ2v) is 9.42. The summed E-state index contributed by atoms with van der Waals surface area (Å²) < 4.78 is 0. The summed E-state index contributed by atoms with van der Waals surface area (Å²) >= 11 is -1.77. The van der Waals surface area contributed by atoms with Gasteiger partial charge in [0.05, 0.1) is 0 Å². The molecule has 0 radical (unpaired) electrons. The van der Waals surface area contributed by atoms with E-state index in [0.29, 0.717) is 0 Å². The van der Waals surface area contributed by atoms with Crippen LogP contribution >= 0.6 is 29.5 Å². The van der Waals surface area contributed by atoms with Crippen LogP contribution in [0.5, 0.6) is 0 Å². The van der Waals surface area contributed by atoms with Gasteiger partial charge in [-0.25, -0.2) is 0 Å².